The molecule has 0 aliphatic carbocycles. The standard InChI is InChI=1S/C14H22N2OS2/c1-11-5-2-3-7-16(11)8-4-6-15-14(17)13-9-12(18)10-19-13/h9-11,18H,2-8H2,1H3,(H,15,17). The van der Waals surface area contributed by atoms with Crippen LogP contribution < -0.4 is 5.32 Å². The molecule has 1 aliphatic heterocycles. The predicted molar refractivity (Wildman–Crippen MR) is 83.4 cm³/mol. The Labute approximate surface area is 124 Å². The molecule has 0 saturated carbocycles. The van der Waals surface area contributed by atoms with E-state index in [4.69, 9.17) is 0 Å². The van der Waals surface area contributed by atoms with Gasteiger partial charge in [0, 0.05) is 29.4 Å². The van der Waals surface area contributed by atoms with Gasteiger partial charge in [-0.3, -0.25) is 4.79 Å². The lowest BCUT2D eigenvalue weighted by molar-refractivity contribution is 0.0953. The molecule has 1 aromatic rings. The quantitative estimate of drug-likeness (QED) is 0.647. The zero-order chi connectivity index (χ0) is 13.7. The van der Waals surface area contributed by atoms with Crippen LogP contribution in [0.1, 0.15) is 42.3 Å². The highest BCUT2D eigenvalue weighted by Gasteiger charge is 2.17. The van der Waals surface area contributed by atoms with Crippen molar-refractivity contribution in [1.29, 1.82) is 0 Å². The summed E-state index contributed by atoms with van der Waals surface area (Å²) in [6.07, 6.45) is 5.01. The minimum absolute atomic E-state index is 0.0250. The summed E-state index contributed by atoms with van der Waals surface area (Å²) < 4.78 is 0. The second-order valence-corrected chi connectivity index (χ2v) is 6.59. The van der Waals surface area contributed by atoms with Crippen molar-refractivity contribution in [3.63, 3.8) is 0 Å². The lowest BCUT2D eigenvalue weighted by Crippen LogP contribution is -2.39. The Morgan fingerprint density at radius 3 is 3.11 bits per heavy atom. The molecule has 2 rings (SSSR count). The van der Waals surface area contributed by atoms with Gasteiger partial charge in [-0.25, -0.2) is 0 Å². The van der Waals surface area contributed by atoms with Crippen molar-refractivity contribution < 1.29 is 4.79 Å². The van der Waals surface area contributed by atoms with E-state index in [0.717, 1.165) is 29.3 Å². The first-order valence-electron chi connectivity index (χ1n) is 6.96. The van der Waals surface area contributed by atoms with Crippen LogP contribution in [-0.2, 0) is 0 Å². The van der Waals surface area contributed by atoms with Gasteiger partial charge in [-0.15, -0.1) is 24.0 Å². The van der Waals surface area contributed by atoms with Crippen LogP contribution in [-0.4, -0.2) is 36.5 Å². The maximum Gasteiger partial charge on any atom is 0.261 e. The van der Waals surface area contributed by atoms with E-state index < -0.39 is 0 Å². The van der Waals surface area contributed by atoms with Crippen LogP contribution in [0.5, 0.6) is 0 Å². The van der Waals surface area contributed by atoms with Crippen LogP contribution in [0.4, 0.5) is 0 Å². The zero-order valence-electron chi connectivity index (χ0n) is 11.4. The number of thiophene rings is 1. The van der Waals surface area contributed by atoms with E-state index in [1.807, 2.05) is 11.4 Å². The first-order chi connectivity index (χ1) is 9.16. The molecule has 2 heterocycles. The summed E-state index contributed by atoms with van der Waals surface area (Å²) in [6.45, 7) is 5.35. The second-order valence-electron chi connectivity index (χ2n) is 5.16. The summed E-state index contributed by atoms with van der Waals surface area (Å²) >= 11 is 5.66. The topological polar surface area (TPSA) is 32.3 Å². The first-order valence-corrected chi connectivity index (χ1v) is 8.29. The summed E-state index contributed by atoms with van der Waals surface area (Å²) in [6, 6.07) is 2.52. The maximum absolute atomic E-state index is 11.8. The van der Waals surface area contributed by atoms with Crippen molar-refractivity contribution in [3.05, 3.63) is 16.3 Å². The fraction of sp³-hybridized carbons (Fsp3) is 0.643. The number of hydrogen-bond donors (Lipinski definition) is 2. The van der Waals surface area contributed by atoms with Gasteiger partial charge in [0.05, 0.1) is 4.88 Å². The molecule has 106 valence electrons. The molecular weight excluding hydrogens is 276 g/mol. The Kier molecular flexibility index (Phi) is 5.73. The van der Waals surface area contributed by atoms with E-state index >= 15 is 0 Å². The predicted octanol–water partition coefficient (Wildman–Crippen LogP) is 3.03. The van der Waals surface area contributed by atoms with Crippen LogP contribution in [0.2, 0.25) is 0 Å². The molecule has 5 heteroatoms. The number of likely N-dealkylation sites (tertiary alicyclic amines) is 1. The minimum atomic E-state index is 0.0250. The third-order valence-corrected chi connectivity index (χ3v) is 5.02. The number of carbonyl (C=O) groups excluding carboxylic acids is 1. The molecule has 1 saturated heterocycles. The lowest BCUT2D eigenvalue weighted by Gasteiger charge is -2.33. The molecule has 3 nitrogen and oxygen atoms in total. The SMILES string of the molecule is CC1CCCCN1CCCNC(=O)c1cc(S)cs1. The van der Waals surface area contributed by atoms with Crippen molar-refractivity contribution >= 4 is 29.9 Å². The smallest absolute Gasteiger partial charge is 0.261 e. The van der Waals surface area contributed by atoms with E-state index in [0.29, 0.717) is 6.04 Å². The molecule has 1 aliphatic rings. The van der Waals surface area contributed by atoms with Crippen LogP contribution in [0.3, 0.4) is 0 Å². The Morgan fingerprint density at radius 1 is 1.58 bits per heavy atom. The van der Waals surface area contributed by atoms with Gasteiger partial charge in [0.2, 0.25) is 0 Å². The molecule has 1 atom stereocenters. The average molecular weight is 298 g/mol. The van der Waals surface area contributed by atoms with Gasteiger partial charge in [0.1, 0.15) is 0 Å². The minimum Gasteiger partial charge on any atom is -0.351 e. The molecular formula is C14H22N2OS2. The molecule has 1 unspecified atom stereocenters. The van der Waals surface area contributed by atoms with Gasteiger partial charge in [-0.05, 0) is 38.8 Å². The van der Waals surface area contributed by atoms with E-state index in [1.165, 1.54) is 37.1 Å². The Bertz CT molecular complexity index is 419. The third-order valence-electron chi connectivity index (χ3n) is 3.66. The molecule has 1 fully saturated rings. The van der Waals surface area contributed by atoms with Crippen LogP contribution in [0, 0.1) is 0 Å². The second kappa shape index (κ2) is 7.31. The molecule has 0 spiro atoms. The van der Waals surface area contributed by atoms with E-state index in [2.05, 4.69) is 29.8 Å². The van der Waals surface area contributed by atoms with Gasteiger partial charge in [0.15, 0.2) is 0 Å². The van der Waals surface area contributed by atoms with Gasteiger partial charge in [-0.1, -0.05) is 6.42 Å². The van der Waals surface area contributed by atoms with Gasteiger partial charge >= 0.3 is 0 Å². The first kappa shape index (κ1) is 14.9. The number of hydrogen-bond acceptors (Lipinski definition) is 4. The normalized spacial score (nSPS) is 20.4. The van der Waals surface area contributed by atoms with Crippen molar-refractivity contribution in [2.24, 2.45) is 0 Å². The van der Waals surface area contributed by atoms with Gasteiger partial charge in [0.25, 0.3) is 5.91 Å². The number of piperidine rings is 1. The van der Waals surface area contributed by atoms with Crippen molar-refractivity contribution in [1.82, 2.24) is 10.2 Å². The van der Waals surface area contributed by atoms with E-state index in [9.17, 15) is 4.79 Å². The van der Waals surface area contributed by atoms with E-state index in [-0.39, 0.29) is 5.91 Å². The number of rotatable bonds is 5. The molecule has 1 amide bonds. The summed E-state index contributed by atoms with van der Waals surface area (Å²) in [5.74, 6) is 0.0250. The van der Waals surface area contributed by atoms with Crippen LogP contribution in [0.25, 0.3) is 0 Å². The highest BCUT2D eigenvalue weighted by Crippen LogP contribution is 2.18. The summed E-state index contributed by atoms with van der Waals surface area (Å²) in [5, 5.41) is 4.86. The molecule has 0 aromatic carbocycles. The molecule has 0 radical (unpaired) electrons. The molecule has 1 N–H and O–H groups in total. The number of nitrogens with one attached hydrogen (secondary N) is 1. The molecule has 0 bridgehead atoms. The van der Waals surface area contributed by atoms with Crippen molar-refractivity contribution in [2.75, 3.05) is 19.6 Å². The summed E-state index contributed by atoms with van der Waals surface area (Å²) in [5.41, 5.74) is 0. The maximum atomic E-state index is 11.8. The largest absolute Gasteiger partial charge is 0.351 e. The van der Waals surface area contributed by atoms with E-state index in [1.54, 1.807) is 0 Å². The molecule has 1 aromatic heterocycles. The number of amides is 1. The Hall–Kier alpha value is -0.520. The summed E-state index contributed by atoms with van der Waals surface area (Å²) in [7, 11) is 0. The zero-order valence-corrected chi connectivity index (χ0v) is 13.1. The van der Waals surface area contributed by atoms with Gasteiger partial charge in [-0.2, -0.15) is 0 Å². The summed E-state index contributed by atoms with van der Waals surface area (Å²) in [4.78, 5) is 16.0. The highest BCUT2D eigenvalue weighted by atomic mass is 32.1. The highest BCUT2D eigenvalue weighted by molar-refractivity contribution is 7.80. The molecule has 19 heavy (non-hydrogen) atoms. The fourth-order valence-electron chi connectivity index (χ4n) is 2.51. The monoisotopic (exact) mass is 298 g/mol. The number of carbonyl (C=O) groups is 1. The fourth-order valence-corrected chi connectivity index (χ4v) is 3.57. The Morgan fingerprint density at radius 2 is 2.42 bits per heavy atom. The van der Waals surface area contributed by atoms with Crippen LogP contribution >= 0.6 is 24.0 Å². The third kappa shape index (κ3) is 4.51. The number of thiol groups is 1. The van der Waals surface area contributed by atoms with Crippen molar-refractivity contribution in [2.45, 2.75) is 43.5 Å². The van der Waals surface area contributed by atoms with Crippen LogP contribution in [0.15, 0.2) is 16.3 Å². The average Bonchev–Trinajstić information content (AvgIpc) is 2.83. The van der Waals surface area contributed by atoms with Gasteiger partial charge < -0.3 is 10.2 Å². The van der Waals surface area contributed by atoms with Crippen molar-refractivity contribution in [3.8, 4) is 0 Å². The number of nitrogens with zero attached hydrogens (tertiary/aromatic N) is 1. The lowest BCUT2D eigenvalue weighted by atomic mass is 10.0. The Balaban J connectivity index is 1.65.